The molecule has 1 atom stereocenters. The summed E-state index contributed by atoms with van der Waals surface area (Å²) in [4.78, 5) is 13.8. The highest BCUT2D eigenvalue weighted by Crippen LogP contribution is 2.21. The summed E-state index contributed by atoms with van der Waals surface area (Å²) >= 11 is 0. The van der Waals surface area contributed by atoms with Gasteiger partial charge < -0.3 is 14.7 Å². The molecule has 0 spiro atoms. The lowest BCUT2D eigenvalue weighted by Crippen LogP contribution is -2.38. The molecule has 2 rings (SSSR count). The highest BCUT2D eigenvalue weighted by atomic mass is 19.1. The summed E-state index contributed by atoms with van der Waals surface area (Å²) in [6.07, 6.45) is 1.89. The number of nitrogens with zero attached hydrogens (tertiary/aromatic N) is 1. The first-order chi connectivity index (χ1) is 9.15. The maximum atomic E-state index is 13.5. The molecule has 1 amide bonds. The van der Waals surface area contributed by atoms with E-state index in [0.29, 0.717) is 12.1 Å². The fourth-order valence-corrected chi connectivity index (χ4v) is 2.45. The molecule has 19 heavy (non-hydrogen) atoms. The van der Waals surface area contributed by atoms with Crippen LogP contribution >= 0.6 is 0 Å². The Morgan fingerprint density at radius 1 is 1.58 bits per heavy atom. The average molecular weight is 267 g/mol. The fraction of sp³-hybridized carbons (Fsp3) is 0.500. The Morgan fingerprint density at radius 3 is 3.00 bits per heavy atom. The zero-order valence-corrected chi connectivity index (χ0v) is 10.9. The van der Waals surface area contributed by atoms with Crippen LogP contribution in [0.1, 0.15) is 18.4 Å². The van der Waals surface area contributed by atoms with E-state index in [-0.39, 0.29) is 30.7 Å². The number of aliphatic hydroxyl groups is 1. The largest absolute Gasteiger partial charge is 0.494 e. The van der Waals surface area contributed by atoms with Crippen molar-refractivity contribution in [3.8, 4) is 5.75 Å². The van der Waals surface area contributed by atoms with Gasteiger partial charge in [0.25, 0.3) is 0 Å². The van der Waals surface area contributed by atoms with Crippen LogP contribution in [-0.2, 0) is 11.2 Å². The van der Waals surface area contributed by atoms with Crippen LogP contribution in [0.15, 0.2) is 18.2 Å². The van der Waals surface area contributed by atoms with E-state index in [1.165, 1.54) is 19.2 Å². The number of hydrogen-bond acceptors (Lipinski definition) is 3. The van der Waals surface area contributed by atoms with E-state index in [1.54, 1.807) is 11.0 Å². The van der Waals surface area contributed by atoms with E-state index >= 15 is 0 Å². The van der Waals surface area contributed by atoms with Gasteiger partial charge in [-0.1, -0.05) is 6.07 Å². The zero-order valence-electron chi connectivity index (χ0n) is 10.9. The number of carbonyl (C=O) groups is 1. The molecule has 0 aromatic heterocycles. The lowest BCUT2D eigenvalue weighted by Gasteiger charge is -2.23. The molecule has 1 aliphatic heterocycles. The molecule has 104 valence electrons. The Labute approximate surface area is 111 Å². The number of carbonyl (C=O) groups excluding carboxylic acids is 1. The van der Waals surface area contributed by atoms with Crippen LogP contribution in [0.5, 0.6) is 5.75 Å². The minimum atomic E-state index is -0.465. The third-order valence-electron chi connectivity index (χ3n) is 3.48. The van der Waals surface area contributed by atoms with Gasteiger partial charge >= 0.3 is 0 Å². The number of hydrogen-bond donors (Lipinski definition) is 1. The van der Waals surface area contributed by atoms with Crippen LogP contribution in [0.25, 0.3) is 0 Å². The first kappa shape index (κ1) is 13.8. The van der Waals surface area contributed by atoms with E-state index in [9.17, 15) is 14.3 Å². The Morgan fingerprint density at radius 2 is 2.37 bits per heavy atom. The summed E-state index contributed by atoms with van der Waals surface area (Å²) in [7, 11) is 1.40. The van der Waals surface area contributed by atoms with Crippen LogP contribution < -0.4 is 4.74 Å². The molecule has 1 fully saturated rings. The molecule has 0 saturated carbocycles. The molecule has 0 aliphatic carbocycles. The van der Waals surface area contributed by atoms with Crippen molar-refractivity contribution in [1.29, 1.82) is 0 Å². The molecular formula is C14H18FNO3. The molecule has 1 heterocycles. The smallest absolute Gasteiger partial charge is 0.227 e. The van der Waals surface area contributed by atoms with E-state index in [4.69, 9.17) is 4.74 Å². The quantitative estimate of drug-likeness (QED) is 0.896. The highest BCUT2D eigenvalue weighted by molar-refractivity contribution is 5.79. The van der Waals surface area contributed by atoms with Gasteiger partial charge in [-0.3, -0.25) is 4.79 Å². The average Bonchev–Trinajstić information content (AvgIpc) is 2.87. The van der Waals surface area contributed by atoms with E-state index < -0.39 is 5.82 Å². The molecule has 1 aromatic rings. The summed E-state index contributed by atoms with van der Waals surface area (Å²) in [6.45, 7) is 0.658. The third kappa shape index (κ3) is 3.04. The minimum Gasteiger partial charge on any atom is -0.494 e. The van der Waals surface area contributed by atoms with Crippen molar-refractivity contribution in [3.63, 3.8) is 0 Å². The fourth-order valence-electron chi connectivity index (χ4n) is 2.45. The maximum absolute atomic E-state index is 13.5. The van der Waals surface area contributed by atoms with Gasteiger partial charge in [-0.25, -0.2) is 4.39 Å². The first-order valence-electron chi connectivity index (χ1n) is 6.38. The van der Waals surface area contributed by atoms with Crippen molar-refractivity contribution in [2.45, 2.75) is 25.3 Å². The van der Waals surface area contributed by atoms with Gasteiger partial charge in [0.1, 0.15) is 0 Å². The Bertz CT molecular complexity index is 464. The Hall–Kier alpha value is -1.62. The Balaban J connectivity index is 2.04. The number of aliphatic hydroxyl groups excluding tert-OH is 1. The number of methoxy groups -OCH3 is 1. The number of halogens is 1. The van der Waals surface area contributed by atoms with E-state index in [2.05, 4.69) is 0 Å². The summed E-state index contributed by atoms with van der Waals surface area (Å²) in [5.74, 6) is -0.361. The van der Waals surface area contributed by atoms with Gasteiger partial charge in [0, 0.05) is 6.54 Å². The summed E-state index contributed by atoms with van der Waals surface area (Å²) in [6, 6.07) is 4.44. The second-order valence-corrected chi connectivity index (χ2v) is 4.71. The van der Waals surface area contributed by atoms with E-state index in [1.807, 2.05) is 0 Å². The van der Waals surface area contributed by atoms with Crippen molar-refractivity contribution in [2.75, 3.05) is 20.3 Å². The molecule has 5 heteroatoms. The molecule has 0 radical (unpaired) electrons. The predicted molar refractivity (Wildman–Crippen MR) is 68.5 cm³/mol. The third-order valence-corrected chi connectivity index (χ3v) is 3.48. The van der Waals surface area contributed by atoms with Gasteiger partial charge in [-0.05, 0) is 30.5 Å². The molecule has 1 unspecified atom stereocenters. The number of likely N-dealkylation sites (tertiary alicyclic amines) is 1. The molecule has 1 aromatic carbocycles. The number of ether oxygens (including phenoxy) is 1. The van der Waals surface area contributed by atoms with E-state index in [0.717, 1.165) is 12.8 Å². The Kier molecular flexibility index (Phi) is 4.37. The molecule has 1 aliphatic rings. The predicted octanol–water partition coefficient (Wildman–Crippen LogP) is 1.36. The highest BCUT2D eigenvalue weighted by Gasteiger charge is 2.27. The first-order valence-corrected chi connectivity index (χ1v) is 6.38. The zero-order chi connectivity index (χ0) is 13.8. The number of rotatable bonds is 4. The second kappa shape index (κ2) is 6.02. The molecule has 1 N–H and O–H groups in total. The lowest BCUT2D eigenvalue weighted by atomic mass is 10.1. The maximum Gasteiger partial charge on any atom is 0.227 e. The van der Waals surface area contributed by atoms with Crippen LogP contribution in [0.2, 0.25) is 0 Å². The summed E-state index contributed by atoms with van der Waals surface area (Å²) < 4.78 is 18.4. The van der Waals surface area contributed by atoms with Crippen molar-refractivity contribution in [3.05, 3.63) is 29.6 Å². The van der Waals surface area contributed by atoms with Crippen molar-refractivity contribution in [1.82, 2.24) is 4.90 Å². The van der Waals surface area contributed by atoms with Gasteiger partial charge in [0.05, 0.1) is 26.2 Å². The van der Waals surface area contributed by atoms with Gasteiger partial charge in [-0.2, -0.15) is 0 Å². The lowest BCUT2D eigenvalue weighted by molar-refractivity contribution is -0.131. The number of amides is 1. The number of benzene rings is 1. The minimum absolute atomic E-state index is 0.0112. The van der Waals surface area contributed by atoms with Crippen LogP contribution in [0.4, 0.5) is 4.39 Å². The van der Waals surface area contributed by atoms with Gasteiger partial charge in [-0.15, -0.1) is 0 Å². The summed E-state index contributed by atoms with van der Waals surface area (Å²) in [5.41, 5.74) is 0.617. The molecule has 0 bridgehead atoms. The normalized spacial score (nSPS) is 18.7. The van der Waals surface area contributed by atoms with Crippen LogP contribution in [0, 0.1) is 5.82 Å². The van der Waals surface area contributed by atoms with Gasteiger partial charge in [0.2, 0.25) is 5.91 Å². The van der Waals surface area contributed by atoms with Crippen molar-refractivity contribution >= 4 is 5.91 Å². The van der Waals surface area contributed by atoms with Gasteiger partial charge in [0.15, 0.2) is 11.6 Å². The van der Waals surface area contributed by atoms with Crippen LogP contribution in [0.3, 0.4) is 0 Å². The topological polar surface area (TPSA) is 49.8 Å². The molecule has 1 saturated heterocycles. The SMILES string of the molecule is COc1ccc(CC(=O)N2CCCC2CO)cc1F. The van der Waals surface area contributed by atoms with Crippen molar-refractivity contribution < 1.29 is 19.0 Å². The standard InChI is InChI=1S/C14H18FNO3/c1-19-13-5-4-10(7-12(13)15)8-14(18)16-6-2-3-11(16)9-17/h4-5,7,11,17H,2-3,6,8-9H2,1H3. The van der Waals surface area contributed by atoms with Crippen LogP contribution in [-0.4, -0.2) is 42.2 Å². The monoisotopic (exact) mass is 267 g/mol. The second-order valence-electron chi connectivity index (χ2n) is 4.71. The molecule has 4 nitrogen and oxygen atoms in total. The van der Waals surface area contributed by atoms with Crippen molar-refractivity contribution in [2.24, 2.45) is 0 Å². The summed E-state index contributed by atoms with van der Waals surface area (Å²) in [5, 5.41) is 9.19. The molecular weight excluding hydrogens is 249 g/mol.